The van der Waals surface area contributed by atoms with Gasteiger partial charge in [0.15, 0.2) is 0 Å². The van der Waals surface area contributed by atoms with Gasteiger partial charge in [-0.3, -0.25) is 0 Å². The van der Waals surface area contributed by atoms with E-state index >= 15 is 0 Å². The molecule has 0 aliphatic carbocycles. The minimum absolute atomic E-state index is 0. The Bertz CT molecular complexity index is 2090. The van der Waals surface area contributed by atoms with Gasteiger partial charge in [0, 0.05) is 0 Å². The second-order valence-corrected chi connectivity index (χ2v) is 21.0. The topological polar surface area (TPSA) is 0 Å². The minimum Gasteiger partial charge on any atom is -1.00 e. The van der Waals surface area contributed by atoms with Crippen LogP contribution in [0.25, 0.3) is 65.3 Å². The molecule has 46 heavy (non-hydrogen) atoms. The Kier molecular flexibility index (Phi) is 12.4. The van der Waals surface area contributed by atoms with E-state index in [9.17, 15) is 0 Å². The van der Waals surface area contributed by atoms with Gasteiger partial charge < -0.3 is 24.8 Å². The van der Waals surface area contributed by atoms with Gasteiger partial charge in [0.05, 0.1) is 0 Å². The van der Waals surface area contributed by atoms with E-state index in [1.165, 1.54) is 76.5 Å². The summed E-state index contributed by atoms with van der Waals surface area (Å²) < 4.78 is 0. The predicted molar refractivity (Wildman–Crippen MR) is 192 cm³/mol. The fourth-order valence-corrected chi connectivity index (χ4v) is 6.34. The molecular weight excluding hydrogens is 695 g/mol. The number of halogens is 2. The summed E-state index contributed by atoms with van der Waals surface area (Å²) in [5.41, 5.74) is 8.32. The first kappa shape index (κ1) is 35.6. The number of hydrogen-bond acceptors (Lipinski definition) is 0. The summed E-state index contributed by atoms with van der Waals surface area (Å²) in [4.78, 5) is 0. The molecule has 8 rings (SSSR count). The van der Waals surface area contributed by atoms with Crippen LogP contribution < -0.4 is 24.8 Å². The quantitative estimate of drug-likeness (QED) is 0.148. The van der Waals surface area contributed by atoms with Gasteiger partial charge in [-0.2, -0.15) is 0 Å². The van der Waals surface area contributed by atoms with Gasteiger partial charge in [-0.1, -0.05) is 122 Å². The smallest absolute Gasteiger partial charge is 0.0186 e. The molecule has 0 N–H and O–H groups in total. The van der Waals surface area contributed by atoms with Crippen molar-refractivity contribution >= 4 is 48.5 Å². The van der Waals surface area contributed by atoms with Crippen molar-refractivity contribution in [2.24, 2.45) is 0 Å². The van der Waals surface area contributed by atoms with Gasteiger partial charge in [-0.25, -0.2) is 0 Å². The van der Waals surface area contributed by atoms with Crippen molar-refractivity contribution in [3.8, 4) is 22.3 Å². The monoisotopic (exact) mass is 728 g/mol. The molecule has 4 heteroatoms. The molecule has 8 aromatic rings. The van der Waals surface area contributed by atoms with Crippen LogP contribution in [0.5, 0.6) is 0 Å². The van der Waals surface area contributed by atoms with Crippen LogP contribution in [0.2, 0.25) is 13.1 Å². The van der Waals surface area contributed by atoms with Crippen molar-refractivity contribution in [3.05, 3.63) is 157 Å². The average molecular weight is 731 g/mol. The first-order valence-corrected chi connectivity index (χ1v) is 21.4. The summed E-state index contributed by atoms with van der Waals surface area (Å²) in [6.07, 6.45) is 0. The fourth-order valence-electron chi connectivity index (χ4n) is 6.34. The van der Waals surface area contributed by atoms with E-state index in [2.05, 4.69) is 173 Å². The van der Waals surface area contributed by atoms with Crippen molar-refractivity contribution in [1.82, 2.24) is 0 Å². The van der Waals surface area contributed by atoms with Crippen LogP contribution >= 0.6 is 0 Å². The zero-order valence-electron chi connectivity index (χ0n) is 26.6. The van der Waals surface area contributed by atoms with Crippen molar-refractivity contribution in [2.45, 2.75) is 26.9 Å². The van der Waals surface area contributed by atoms with E-state index < -0.39 is 0 Å². The molecule has 228 valence electrons. The van der Waals surface area contributed by atoms with Gasteiger partial charge in [-0.15, -0.1) is 92.3 Å². The van der Waals surface area contributed by atoms with E-state index in [-0.39, 0.29) is 30.2 Å². The molecule has 0 unspecified atom stereocenters. The summed E-state index contributed by atoms with van der Waals surface area (Å²) in [7, 11) is 0. The van der Waals surface area contributed by atoms with Crippen LogP contribution in [-0.4, -0.2) is 5.43 Å². The molecule has 0 radical (unpaired) electrons. The van der Waals surface area contributed by atoms with Crippen LogP contribution in [-0.2, 0) is 23.3 Å². The SMILES string of the molecule is C[Si](C)=[Zr+2].Cc1[cH-]c2ccccc2c1-c1cccc2ccccc12.Cc1[cH-]c2ccccc2c1-c1cccc2ccccc12.[Cl-].[Cl-]. The van der Waals surface area contributed by atoms with Crippen LogP contribution in [0.3, 0.4) is 0 Å². The molecule has 0 aliphatic rings. The van der Waals surface area contributed by atoms with Crippen LogP contribution in [0, 0.1) is 13.8 Å². The number of aryl methyl sites for hydroxylation is 2. The molecule has 0 saturated carbocycles. The molecule has 0 spiro atoms. The van der Waals surface area contributed by atoms with Crippen LogP contribution in [0.15, 0.2) is 146 Å². The largest absolute Gasteiger partial charge is 1.00 e. The van der Waals surface area contributed by atoms with E-state index in [0.29, 0.717) is 0 Å². The van der Waals surface area contributed by atoms with Crippen molar-refractivity contribution < 1.29 is 48.1 Å². The molecule has 0 amide bonds. The van der Waals surface area contributed by atoms with E-state index in [4.69, 9.17) is 0 Å². The molecular formula is C42H36Cl2SiZr-2. The first-order chi connectivity index (χ1) is 21.4. The Morgan fingerprint density at radius 2 is 0.739 bits per heavy atom. The van der Waals surface area contributed by atoms with Gasteiger partial charge in [0.1, 0.15) is 0 Å². The zero-order chi connectivity index (χ0) is 30.6. The van der Waals surface area contributed by atoms with E-state index in [0.717, 1.165) is 0 Å². The predicted octanol–water partition coefficient (Wildman–Crippen LogP) is 6.17. The Morgan fingerprint density at radius 1 is 0.435 bits per heavy atom. The van der Waals surface area contributed by atoms with Gasteiger partial charge in [0.25, 0.3) is 0 Å². The molecule has 0 fully saturated rings. The summed E-state index contributed by atoms with van der Waals surface area (Å²) in [5.74, 6) is 0. The standard InChI is InChI=1S/2C20H15.C2H6Si.2ClH.Zr/c2*1-14-13-16-8-3-5-11-18(16)20(14)19-12-6-9-15-7-2-4-10-17(15)19;1-3-2;;;/h2*2-13H,1H3;1-2H3;2*1H;/q2*-1;;;;+2/p-2. The van der Waals surface area contributed by atoms with E-state index in [1.807, 2.05) is 0 Å². The molecule has 0 aromatic heterocycles. The Hall–Kier alpha value is -3.26. The fraction of sp³-hybridized carbons (Fsp3) is 0.0952. The Balaban J connectivity index is 0.000000180. The minimum atomic E-state index is 0. The van der Waals surface area contributed by atoms with Crippen LogP contribution in [0.1, 0.15) is 11.1 Å². The van der Waals surface area contributed by atoms with Crippen molar-refractivity contribution in [1.29, 1.82) is 0 Å². The normalized spacial score (nSPS) is 10.4. The first-order valence-electron chi connectivity index (χ1n) is 15.2. The third-order valence-electron chi connectivity index (χ3n) is 8.11. The van der Waals surface area contributed by atoms with E-state index in [1.54, 1.807) is 23.3 Å². The second kappa shape index (κ2) is 16.0. The molecule has 0 aliphatic heterocycles. The molecule has 0 atom stereocenters. The summed E-state index contributed by atoms with van der Waals surface area (Å²) >= 11 is 1.74. The maximum absolute atomic E-state index is 2.31. The third-order valence-corrected chi connectivity index (χ3v) is 8.11. The zero-order valence-corrected chi connectivity index (χ0v) is 31.6. The molecule has 8 aromatic carbocycles. The van der Waals surface area contributed by atoms with Crippen LogP contribution in [0.4, 0.5) is 0 Å². The van der Waals surface area contributed by atoms with Gasteiger partial charge in [0.2, 0.25) is 0 Å². The molecule has 0 saturated heterocycles. The second-order valence-electron chi connectivity index (χ2n) is 11.6. The number of rotatable bonds is 2. The maximum Gasteiger partial charge on any atom is -0.0186 e. The molecule has 0 nitrogen and oxygen atoms in total. The van der Waals surface area contributed by atoms with Gasteiger partial charge >= 0.3 is 41.9 Å². The summed E-state index contributed by atoms with van der Waals surface area (Å²) in [5, 5.41) is 10.6. The summed E-state index contributed by atoms with van der Waals surface area (Å²) in [6, 6.07) is 52.2. The summed E-state index contributed by atoms with van der Waals surface area (Å²) in [6.45, 7) is 9.03. The number of fused-ring (bicyclic) bond motifs is 4. The average Bonchev–Trinajstić information content (AvgIpc) is 3.55. The van der Waals surface area contributed by atoms with Crippen molar-refractivity contribution in [2.75, 3.05) is 0 Å². The third kappa shape index (κ3) is 7.48. The molecule has 0 heterocycles. The van der Waals surface area contributed by atoms with Gasteiger partial charge in [-0.05, 0) is 21.5 Å². The maximum atomic E-state index is 2.31. The Morgan fingerprint density at radius 3 is 1.13 bits per heavy atom. The number of hydrogen-bond donors (Lipinski definition) is 0. The van der Waals surface area contributed by atoms with Crippen molar-refractivity contribution in [3.63, 3.8) is 0 Å². The number of benzene rings is 6. The Labute approximate surface area is 300 Å². The molecule has 0 bridgehead atoms.